The van der Waals surface area contributed by atoms with Gasteiger partial charge in [0.05, 0.1) is 0 Å². The largest absolute Gasteiger partial charge is 0.342 e. The normalized spacial score (nSPS) is 23.0. The van der Waals surface area contributed by atoms with Crippen molar-refractivity contribution in [2.24, 2.45) is 17.8 Å². The molecule has 3 unspecified atom stereocenters. The van der Waals surface area contributed by atoms with E-state index in [9.17, 15) is 9.59 Å². The van der Waals surface area contributed by atoms with Crippen molar-refractivity contribution in [1.82, 2.24) is 9.88 Å². The van der Waals surface area contributed by atoms with Crippen molar-refractivity contribution >= 4 is 22.5 Å². The Bertz CT molecular complexity index is 1120. The molecule has 4 heteroatoms. The van der Waals surface area contributed by atoms with Crippen LogP contribution in [-0.2, 0) is 4.79 Å². The van der Waals surface area contributed by atoms with Gasteiger partial charge < -0.3 is 4.90 Å². The lowest BCUT2D eigenvalue weighted by molar-refractivity contribution is -0.130. The van der Waals surface area contributed by atoms with E-state index in [-0.39, 0.29) is 17.6 Å². The minimum absolute atomic E-state index is 0.0805. The van der Waals surface area contributed by atoms with Crippen LogP contribution in [0.1, 0.15) is 43.0 Å². The summed E-state index contributed by atoms with van der Waals surface area (Å²) in [6, 6.07) is 16.4. The number of nitrogens with zero attached hydrogens (tertiary/aromatic N) is 2. The highest BCUT2D eigenvalue weighted by molar-refractivity contribution is 5.98. The average molecular weight is 413 g/mol. The molecule has 2 fully saturated rings. The van der Waals surface area contributed by atoms with Crippen molar-refractivity contribution in [3.63, 3.8) is 0 Å². The number of rotatable bonds is 4. The molecule has 0 radical (unpaired) electrons. The number of carbonyl (C=O) groups is 2. The fourth-order valence-corrected chi connectivity index (χ4v) is 5.42. The summed E-state index contributed by atoms with van der Waals surface area (Å²) in [5, 5.41) is 2.29. The van der Waals surface area contributed by atoms with Gasteiger partial charge in [-0.05, 0) is 59.7 Å². The maximum absolute atomic E-state index is 13.2. The van der Waals surface area contributed by atoms with Gasteiger partial charge in [-0.1, -0.05) is 43.3 Å². The van der Waals surface area contributed by atoms with Crippen LogP contribution in [0.4, 0.5) is 0 Å². The van der Waals surface area contributed by atoms with Crippen molar-refractivity contribution < 1.29 is 9.59 Å². The second-order valence-electron chi connectivity index (χ2n) is 9.06. The third-order valence-corrected chi connectivity index (χ3v) is 7.22. The topological polar surface area (TPSA) is 50.3 Å². The van der Waals surface area contributed by atoms with Gasteiger partial charge in [0.15, 0.2) is 5.78 Å². The number of aromatic nitrogens is 1. The zero-order chi connectivity index (χ0) is 21.4. The molecule has 158 valence electrons. The van der Waals surface area contributed by atoms with E-state index in [1.165, 1.54) is 0 Å². The van der Waals surface area contributed by atoms with Gasteiger partial charge in [0, 0.05) is 48.8 Å². The zero-order valence-electron chi connectivity index (χ0n) is 18.0. The summed E-state index contributed by atoms with van der Waals surface area (Å²) in [5.74, 6) is 1.64. The molecule has 1 aromatic heterocycles. The number of likely N-dealkylation sites (tertiary alicyclic amines) is 1. The van der Waals surface area contributed by atoms with Crippen LogP contribution < -0.4 is 0 Å². The van der Waals surface area contributed by atoms with Crippen LogP contribution in [0.25, 0.3) is 21.9 Å². The highest BCUT2D eigenvalue weighted by Crippen LogP contribution is 2.40. The lowest BCUT2D eigenvalue weighted by Crippen LogP contribution is -2.28. The van der Waals surface area contributed by atoms with Gasteiger partial charge in [-0.25, -0.2) is 0 Å². The van der Waals surface area contributed by atoms with E-state index in [2.05, 4.69) is 35.3 Å². The van der Waals surface area contributed by atoms with Crippen LogP contribution >= 0.6 is 0 Å². The number of benzene rings is 2. The number of Topliss-reactive ketones (excluding diaryl/α,β-unsaturated/α-hetero) is 1. The summed E-state index contributed by atoms with van der Waals surface area (Å²) in [4.78, 5) is 31.4. The predicted molar refractivity (Wildman–Crippen MR) is 123 cm³/mol. The smallest absolute Gasteiger partial charge is 0.222 e. The van der Waals surface area contributed by atoms with Crippen molar-refractivity contribution in [2.75, 3.05) is 13.1 Å². The van der Waals surface area contributed by atoms with Crippen LogP contribution in [-0.4, -0.2) is 34.7 Å². The highest BCUT2D eigenvalue weighted by Gasteiger charge is 2.40. The Morgan fingerprint density at radius 2 is 1.71 bits per heavy atom. The van der Waals surface area contributed by atoms with Gasteiger partial charge in [0.2, 0.25) is 5.91 Å². The molecule has 3 atom stereocenters. The van der Waals surface area contributed by atoms with Crippen molar-refractivity contribution in [3.8, 4) is 11.1 Å². The van der Waals surface area contributed by atoms with Crippen molar-refractivity contribution in [2.45, 2.75) is 32.6 Å². The Balaban J connectivity index is 1.28. The molecule has 2 heterocycles. The molecule has 0 bridgehead atoms. The second kappa shape index (κ2) is 8.26. The van der Waals surface area contributed by atoms with Gasteiger partial charge in [-0.15, -0.1) is 0 Å². The maximum atomic E-state index is 13.2. The lowest BCUT2D eigenvalue weighted by atomic mass is 9.73. The fourth-order valence-electron chi connectivity index (χ4n) is 5.42. The Morgan fingerprint density at radius 1 is 0.935 bits per heavy atom. The number of fused-ring (bicyclic) bond motifs is 2. The first-order valence-electron chi connectivity index (χ1n) is 11.4. The Hall–Kier alpha value is -3.01. The molecule has 1 aliphatic carbocycles. The van der Waals surface area contributed by atoms with E-state index in [1.54, 1.807) is 0 Å². The Kier molecular flexibility index (Phi) is 5.31. The van der Waals surface area contributed by atoms with E-state index >= 15 is 0 Å². The van der Waals surface area contributed by atoms with Crippen LogP contribution in [0, 0.1) is 17.8 Å². The van der Waals surface area contributed by atoms with E-state index in [1.807, 2.05) is 42.4 Å². The van der Waals surface area contributed by atoms with Gasteiger partial charge in [0.1, 0.15) is 0 Å². The molecule has 0 N–H and O–H groups in total. The minimum Gasteiger partial charge on any atom is -0.342 e. The summed E-state index contributed by atoms with van der Waals surface area (Å²) < 4.78 is 0. The molecule has 0 spiro atoms. The molecule has 2 aromatic carbocycles. The average Bonchev–Trinajstić information content (AvgIpc) is 3.26. The molecule has 2 aliphatic rings. The minimum atomic E-state index is 0.0805. The lowest BCUT2D eigenvalue weighted by Gasteiger charge is -2.29. The van der Waals surface area contributed by atoms with Crippen LogP contribution in [0.15, 0.2) is 60.9 Å². The monoisotopic (exact) mass is 412 g/mol. The van der Waals surface area contributed by atoms with E-state index in [0.29, 0.717) is 18.3 Å². The first kappa shape index (κ1) is 19.9. The number of pyridine rings is 1. The molecular formula is C27H28N2O2. The second-order valence-corrected chi connectivity index (χ2v) is 9.06. The zero-order valence-corrected chi connectivity index (χ0v) is 18.0. The molecule has 1 amide bonds. The number of amides is 1. The van der Waals surface area contributed by atoms with Crippen LogP contribution in [0.5, 0.6) is 0 Å². The number of hydrogen-bond acceptors (Lipinski definition) is 3. The highest BCUT2D eigenvalue weighted by atomic mass is 16.2. The molecule has 3 aromatic rings. The Labute approximate surface area is 183 Å². The quantitative estimate of drug-likeness (QED) is 0.541. The first-order chi connectivity index (χ1) is 15.1. The molecule has 31 heavy (non-hydrogen) atoms. The SMILES string of the molecule is CCC(=O)N1CC2CCC(C(=O)c3ccc(-c4ccc5cnccc5c4)cc3)CC2C1. The molecule has 1 saturated heterocycles. The molecule has 4 nitrogen and oxygen atoms in total. The van der Waals surface area contributed by atoms with Gasteiger partial charge in [0.25, 0.3) is 0 Å². The Morgan fingerprint density at radius 3 is 2.52 bits per heavy atom. The molecule has 1 aliphatic heterocycles. The predicted octanol–water partition coefficient (Wildman–Crippen LogP) is 5.37. The maximum Gasteiger partial charge on any atom is 0.222 e. The summed E-state index contributed by atoms with van der Waals surface area (Å²) in [6.07, 6.45) is 7.16. The summed E-state index contributed by atoms with van der Waals surface area (Å²) in [6.45, 7) is 3.64. The number of carbonyl (C=O) groups excluding carboxylic acids is 2. The van der Waals surface area contributed by atoms with E-state index in [4.69, 9.17) is 0 Å². The van der Waals surface area contributed by atoms with E-state index < -0.39 is 0 Å². The van der Waals surface area contributed by atoms with E-state index in [0.717, 1.165) is 59.8 Å². The summed E-state index contributed by atoms with van der Waals surface area (Å²) >= 11 is 0. The van der Waals surface area contributed by atoms with Gasteiger partial charge in [-0.3, -0.25) is 14.6 Å². The third-order valence-electron chi connectivity index (χ3n) is 7.22. The molecule has 1 saturated carbocycles. The van der Waals surface area contributed by atoms with Crippen LogP contribution in [0.2, 0.25) is 0 Å². The first-order valence-corrected chi connectivity index (χ1v) is 11.4. The molecule has 5 rings (SSSR count). The van der Waals surface area contributed by atoms with Gasteiger partial charge >= 0.3 is 0 Å². The van der Waals surface area contributed by atoms with Crippen LogP contribution in [0.3, 0.4) is 0 Å². The van der Waals surface area contributed by atoms with Crippen molar-refractivity contribution in [1.29, 1.82) is 0 Å². The third kappa shape index (κ3) is 3.87. The standard InChI is InChI=1S/C27H28N2O2/c1-2-26(30)29-16-24-10-8-22(14-25(24)17-29)27(31)19-5-3-18(4-6-19)20-7-9-23-15-28-12-11-21(23)13-20/h3-7,9,11-13,15,22,24-25H,2,8,10,14,16-17H2,1H3. The fraction of sp³-hybridized carbons (Fsp3) is 0.370. The van der Waals surface area contributed by atoms with Gasteiger partial charge in [-0.2, -0.15) is 0 Å². The summed E-state index contributed by atoms with van der Waals surface area (Å²) in [7, 11) is 0. The number of hydrogen-bond donors (Lipinski definition) is 0. The van der Waals surface area contributed by atoms with Crippen molar-refractivity contribution in [3.05, 3.63) is 66.5 Å². The summed E-state index contributed by atoms with van der Waals surface area (Å²) in [5.41, 5.74) is 3.06. The molecular weight excluding hydrogens is 384 g/mol. The number of ketones is 1.